The monoisotopic (exact) mass is 297 g/mol. The van der Waals surface area contributed by atoms with Gasteiger partial charge in [-0.25, -0.2) is 0 Å². The molecule has 22 heavy (non-hydrogen) atoms. The Hall–Kier alpha value is -2.33. The molecule has 0 bridgehead atoms. The summed E-state index contributed by atoms with van der Waals surface area (Å²) in [5.41, 5.74) is 1.56. The summed E-state index contributed by atoms with van der Waals surface area (Å²) in [6.45, 7) is 5.76. The van der Waals surface area contributed by atoms with Gasteiger partial charge in [0, 0.05) is 13.1 Å². The van der Waals surface area contributed by atoms with Gasteiger partial charge in [-0.3, -0.25) is 4.79 Å². The largest absolute Gasteiger partial charge is 0.342 e. The van der Waals surface area contributed by atoms with E-state index in [1.54, 1.807) is 18.2 Å². The molecule has 0 saturated heterocycles. The second kappa shape index (κ2) is 9.58. The summed E-state index contributed by atoms with van der Waals surface area (Å²) in [6, 6.07) is 9.01. The lowest BCUT2D eigenvalue weighted by Crippen LogP contribution is -2.34. The zero-order valence-corrected chi connectivity index (χ0v) is 13.4. The Morgan fingerprint density at radius 1 is 1.09 bits per heavy atom. The zero-order valence-electron chi connectivity index (χ0n) is 13.4. The molecular weight excluding hydrogens is 274 g/mol. The number of carbonyl (C=O) groups is 1. The fourth-order valence-electron chi connectivity index (χ4n) is 2.24. The number of rotatable bonds is 8. The van der Waals surface area contributed by atoms with Gasteiger partial charge in [0.15, 0.2) is 0 Å². The van der Waals surface area contributed by atoms with Crippen LogP contribution in [0, 0.1) is 22.7 Å². The first kappa shape index (κ1) is 17.7. The van der Waals surface area contributed by atoms with Crippen LogP contribution >= 0.6 is 0 Å². The SMILES string of the molecule is CCCCN(CCCC)C(=O)Cc1ccc(C#N)cc1C#N. The Morgan fingerprint density at radius 2 is 1.73 bits per heavy atom. The lowest BCUT2D eigenvalue weighted by molar-refractivity contribution is -0.130. The van der Waals surface area contributed by atoms with Gasteiger partial charge < -0.3 is 4.90 Å². The lowest BCUT2D eigenvalue weighted by atomic mass is 10.0. The van der Waals surface area contributed by atoms with Crippen LogP contribution in [0.3, 0.4) is 0 Å². The maximum absolute atomic E-state index is 12.5. The third-order valence-electron chi connectivity index (χ3n) is 3.62. The van der Waals surface area contributed by atoms with E-state index in [1.807, 2.05) is 11.0 Å². The predicted molar refractivity (Wildman–Crippen MR) is 86.0 cm³/mol. The van der Waals surface area contributed by atoms with Crippen LogP contribution < -0.4 is 0 Å². The first-order valence-electron chi connectivity index (χ1n) is 7.87. The van der Waals surface area contributed by atoms with Gasteiger partial charge in [0.25, 0.3) is 0 Å². The van der Waals surface area contributed by atoms with Gasteiger partial charge >= 0.3 is 0 Å². The van der Waals surface area contributed by atoms with Gasteiger partial charge in [-0.2, -0.15) is 10.5 Å². The summed E-state index contributed by atoms with van der Waals surface area (Å²) >= 11 is 0. The Kier molecular flexibility index (Phi) is 7.72. The molecule has 4 heteroatoms. The molecule has 0 fully saturated rings. The minimum atomic E-state index is 0.0584. The average molecular weight is 297 g/mol. The highest BCUT2D eigenvalue weighted by molar-refractivity contribution is 5.79. The quantitative estimate of drug-likeness (QED) is 0.738. The van der Waals surface area contributed by atoms with Gasteiger partial charge in [-0.1, -0.05) is 32.8 Å². The number of amides is 1. The van der Waals surface area contributed by atoms with Crippen LogP contribution in [0.25, 0.3) is 0 Å². The smallest absolute Gasteiger partial charge is 0.227 e. The molecule has 0 spiro atoms. The van der Waals surface area contributed by atoms with Crippen LogP contribution in [0.5, 0.6) is 0 Å². The summed E-state index contributed by atoms with van der Waals surface area (Å²) in [5.74, 6) is 0.0584. The van der Waals surface area contributed by atoms with Crippen LogP contribution in [0.2, 0.25) is 0 Å². The van der Waals surface area contributed by atoms with Crippen molar-refractivity contribution in [2.75, 3.05) is 13.1 Å². The number of carbonyl (C=O) groups excluding carboxylic acids is 1. The second-order valence-corrected chi connectivity index (χ2v) is 5.36. The van der Waals surface area contributed by atoms with Crippen molar-refractivity contribution >= 4 is 5.91 Å². The molecule has 116 valence electrons. The average Bonchev–Trinajstić information content (AvgIpc) is 2.55. The van der Waals surface area contributed by atoms with E-state index in [0.29, 0.717) is 16.7 Å². The first-order chi connectivity index (χ1) is 10.7. The molecule has 0 atom stereocenters. The number of unbranched alkanes of at least 4 members (excludes halogenated alkanes) is 2. The molecule has 0 aromatic heterocycles. The van der Waals surface area contributed by atoms with E-state index in [-0.39, 0.29) is 12.3 Å². The van der Waals surface area contributed by atoms with Crippen LogP contribution in [-0.2, 0) is 11.2 Å². The van der Waals surface area contributed by atoms with Crippen LogP contribution in [0.1, 0.15) is 56.2 Å². The van der Waals surface area contributed by atoms with Crippen molar-refractivity contribution in [3.05, 3.63) is 34.9 Å². The van der Waals surface area contributed by atoms with Crippen LogP contribution in [-0.4, -0.2) is 23.9 Å². The van der Waals surface area contributed by atoms with Crippen molar-refractivity contribution in [1.82, 2.24) is 4.90 Å². The highest BCUT2D eigenvalue weighted by atomic mass is 16.2. The van der Waals surface area contributed by atoms with Gasteiger partial charge in [0.1, 0.15) is 0 Å². The molecule has 4 nitrogen and oxygen atoms in total. The van der Waals surface area contributed by atoms with Gasteiger partial charge in [0.2, 0.25) is 5.91 Å². The molecule has 1 aromatic rings. The van der Waals surface area contributed by atoms with E-state index in [1.165, 1.54) is 0 Å². The maximum atomic E-state index is 12.5. The van der Waals surface area contributed by atoms with Crippen molar-refractivity contribution in [3.63, 3.8) is 0 Å². The van der Waals surface area contributed by atoms with Gasteiger partial charge in [-0.05, 0) is 30.5 Å². The summed E-state index contributed by atoms with van der Waals surface area (Å²) < 4.78 is 0. The van der Waals surface area contributed by atoms with Crippen molar-refractivity contribution < 1.29 is 4.79 Å². The number of benzene rings is 1. The van der Waals surface area contributed by atoms with Crippen LogP contribution in [0.15, 0.2) is 18.2 Å². The van der Waals surface area contributed by atoms with Crippen molar-refractivity contribution in [2.45, 2.75) is 46.0 Å². The zero-order chi connectivity index (χ0) is 16.4. The number of nitriles is 2. The minimum Gasteiger partial charge on any atom is -0.342 e. The second-order valence-electron chi connectivity index (χ2n) is 5.36. The molecule has 1 amide bonds. The van der Waals surface area contributed by atoms with Gasteiger partial charge in [0.05, 0.1) is 29.7 Å². The van der Waals surface area contributed by atoms with Gasteiger partial charge in [-0.15, -0.1) is 0 Å². The highest BCUT2D eigenvalue weighted by Gasteiger charge is 2.15. The molecule has 0 heterocycles. The number of nitrogens with zero attached hydrogens (tertiary/aromatic N) is 3. The molecule has 0 radical (unpaired) electrons. The van der Waals surface area contributed by atoms with Crippen molar-refractivity contribution in [1.29, 1.82) is 10.5 Å². The molecular formula is C18H23N3O. The van der Waals surface area contributed by atoms with E-state index < -0.39 is 0 Å². The number of hydrogen-bond acceptors (Lipinski definition) is 3. The Labute approximate surface area is 133 Å². The third-order valence-corrected chi connectivity index (χ3v) is 3.62. The highest BCUT2D eigenvalue weighted by Crippen LogP contribution is 2.13. The molecule has 0 unspecified atom stereocenters. The third kappa shape index (κ3) is 5.22. The lowest BCUT2D eigenvalue weighted by Gasteiger charge is -2.22. The number of hydrogen-bond donors (Lipinski definition) is 0. The fourth-order valence-corrected chi connectivity index (χ4v) is 2.24. The van der Waals surface area contributed by atoms with Crippen molar-refractivity contribution in [3.8, 4) is 12.1 Å². The Morgan fingerprint density at radius 3 is 2.23 bits per heavy atom. The fraction of sp³-hybridized carbons (Fsp3) is 0.500. The van der Waals surface area contributed by atoms with E-state index in [4.69, 9.17) is 5.26 Å². The molecule has 0 N–H and O–H groups in total. The van der Waals surface area contributed by atoms with Crippen molar-refractivity contribution in [2.24, 2.45) is 0 Å². The van der Waals surface area contributed by atoms with E-state index >= 15 is 0 Å². The Balaban J connectivity index is 2.84. The molecule has 0 aliphatic heterocycles. The molecule has 1 rings (SSSR count). The van der Waals surface area contributed by atoms with E-state index in [9.17, 15) is 10.1 Å². The van der Waals surface area contributed by atoms with E-state index in [2.05, 4.69) is 19.9 Å². The summed E-state index contributed by atoms with van der Waals surface area (Å²) in [6.07, 6.45) is 4.32. The van der Waals surface area contributed by atoms with Crippen LogP contribution in [0.4, 0.5) is 0 Å². The molecule has 0 aliphatic carbocycles. The summed E-state index contributed by atoms with van der Waals surface area (Å²) in [5, 5.41) is 18.1. The molecule has 0 aliphatic rings. The summed E-state index contributed by atoms with van der Waals surface area (Å²) in [4.78, 5) is 14.4. The topological polar surface area (TPSA) is 67.9 Å². The maximum Gasteiger partial charge on any atom is 0.227 e. The standard InChI is InChI=1S/C18H23N3O/c1-3-5-9-21(10-6-4-2)18(22)12-16-8-7-15(13-19)11-17(16)14-20/h7-8,11H,3-6,9-10,12H2,1-2H3. The van der Waals surface area contributed by atoms with E-state index in [0.717, 1.165) is 38.8 Å². The Bertz CT molecular complexity index is 573. The summed E-state index contributed by atoms with van der Waals surface area (Å²) in [7, 11) is 0. The molecule has 0 saturated carbocycles. The minimum absolute atomic E-state index is 0.0584. The molecule has 1 aromatic carbocycles. The first-order valence-corrected chi connectivity index (χ1v) is 7.87. The normalized spacial score (nSPS) is 9.82. The predicted octanol–water partition coefficient (Wildman–Crippen LogP) is 3.40.